The summed E-state index contributed by atoms with van der Waals surface area (Å²) in [5.74, 6) is 0.162. The van der Waals surface area contributed by atoms with Crippen molar-refractivity contribution in [1.29, 1.82) is 0 Å². The van der Waals surface area contributed by atoms with Crippen molar-refractivity contribution in [1.82, 2.24) is 0 Å². The van der Waals surface area contributed by atoms with Gasteiger partial charge < -0.3 is 13.9 Å². The number of para-hydroxylation sites is 2. The number of fused-ring (bicyclic) bond motifs is 3. The molecule has 0 spiro atoms. The molecule has 108 valence electrons. The third-order valence-electron chi connectivity index (χ3n) is 3.29. The average molecular weight is 284 g/mol. The summed E-state index contributed by atoms with van der Waals surface area (Å²) in [6.07, 6.45) is -0.677. The molecule has 0 aliphatic carbocycles. The lowest BCUT2D eigenvalue weighted by atomic mass is 10.1. The van der Waals surface area contributed by atoms with Gasteiger partial charge in [-0.05, 0) is 26.0 Å². The van der Waals surface area contributed by atoms with Crippen LogP contribution in [0.2, 0.25) is 0 Å². The highest BCUT2D eigenvalue weighted by atomic mass is 16.6. The highest BCUT2D eigenvalue weighted by molar-refractivity contribution is 6.06. The van der Waals surface area contributed by atoms with Crippen molar-refractivity contribution in [3.05, 3.63) is 42.5 Å². The van der Waals surface area contributed by atoms with E-state index in [1.165, 1.54) is 0 Å². The topological polar surface area (TPSA) is 48.7 Å². The fourth-order valence-electron chi connectivity index (χ4n) is 2.31. The molecule has 0 aliphatic heterocycles. The lowest BCUT2D eigenvalue weighted by Gasteiger charge is -2.13. The standard InChI is InChI=1S/C17H16O4/c1-3-19-17(18)11(2)20-15-10-6-8-13-12-7-4-5-9-14(12)21-16(13)15/h4-11H,3H2,1-2H3/t11-/m1/s1. The number of hydrogen-bond donors (Lipinski definition) is 0. The molecular formula is C17H16O4. The van der Waals surface area contributed by atoms with Gasteiger partial charge in [-0.25, -0.2) is 4.79 Å². The fraction of sp³-hybridized carbons (Fsp3) is 0.235. The Bertz CT molecular complexity index is 788. The third-order valence-corrected chi connectivity index (χ3v) is 3.29. The molecule has 0 amide bonds. The molecule has 1 atom stereocenters. The Labute approximate surface area is 122 Å². The van der Waals surface area contributed by atoms with E-state index in [4.69, 9.17) is 13.9 Å². The molecule has 1 aromatic heterocycles. The first kappa shape index (κ1) is 13.5. The van der Waals surface area contributed by atoms with Gasteiger partial charge in [-0.3, -0.25) is 0 Å². The van der Waals surface area contributed by atoms with Gasteiger partial charge in [0, 0.05) is 10.8 Å². The zero-order valence-corrected chi connectivity index (χ0v) is 12.0. The first-order chi connectivity index (χ1) is 10.2. The van der Waals surface area contributed by atoms with E-state index in [0.29, 0.717) is 17.9 Å². The summed E-state index contributed by atoms with van der Waals surface area (Å²) in [4.78, 5) is 11.7. The Morgan fingerprint density at radius 2 is 1.90 bits per heavy atom. The number of esters is 1. The Morgan fingerprint density at radius 3 is 2.71 bits per heavy atom. The largest absolute Gasteiger partial charge is 0.475 e. The zero-order valence-electron chi connectivity index (χ0n) is 12.0. The molecule has 0 saturated carbocycles. The summed E-state index contributed by atoms with van der Waals surface area (Å²) in [5.41, 5.74) is 1.45. The molecule has 0 radical (unpaired) electrons. The van der Waals surface area contributed by atoms with Gasteiger partial charge in [-0.1, -0.05) is 30.3 Å². The van der Waals surface area contributed by atoms with Gasteiger partial charge in [-0.2, -0.15) is 0 Å². The van der Waals surface area contributed by atoms with Crippen LogP contribution >= 0.6 is 0 Å². The zero-order chi connectivity index (χ0) is 14.8. The van der Waals surface area contributed by atoms with Gasteiger partial charge in [0.2, 0.25) is 0 Å². The summed E-state index contributed by atoms with van der Waals surface area (Å²) < 4.78 is 16.5. The summed E-state index contributed by atoms with van der Waals surface area (Å²) in [6.45, 7) is 3.77. The predicted molar refractivity (Wildman–Crippen MR) is 80.4 cm³/mol. The second-order valence-corrected chi connectivity index (χ2v) is 4.74. The van der Waals surface area contributed by atoms with Gasteiger partial charge >= 0.3 is 5.97 Å². The van der Waals surface area contributed by atoms with E-state index in [0.717, 1.165) is 16.4 Å². The molecule has 3 rings (SSSR count). The number of carbonyl (C=O) groups excluding carboxylic acids is 1. The first-order valence-corrected chi connectivity index (χ1v) is 6.94. The molecule has 0 unspecified atom stereocenters. The van der Waals surface area contributed by atoms with Gasteiger partial charge in [0.1, 0.15) is 5.58 Å². The van der Waals surface area contributed by atoms with E-state index in [9.17, 15) is 4.79 Å². The maximum atomic E-state index is 11.7. The summed E-state index contributed by atoms with van der Waals surface area (Å²) >= 11 is 0. The molecule has 0 N–H and O–H groups in total. The smallest absolute Gasteiger partial charge is 0.347 e. The second-order valence-electron chi connectivity index (χ2n) is 4.74. The summed E-state index contributed by atoms with van der Waals surface area (Å²) in [6, 6.07) is 13.5. The highest BCUT2D eigenvalue weighted by Gasteiger charge is 2.18. The average Bonchev–Trinajstić information content (AvgIpc) is 2.87. The van der Waals surface area contributed by atoms with E-state index in [1.807, 2.05) is 36.4 Å². The Hall–Kier alpha value is -2.49. The van der Waals surface area contributed by atoms with E-state index < -0.39 is 6.10 Å². The Balaban J connectivity index is 2.01. The fourth-order valence-corrected chi connectivity index (χ4v) is 2.31. The van der Waals surface area contributed by atoms with Crippen LogP contribution in [-0.2, 0) is 9.53 Å². The van der Waals surface area contributed by atoms with Crippen molar-refractivity contribution in [2.24, 2.45) is 0 Å². The van der Waals surface area contributed by atoms with E-state index in [2.05, 4.69) is 0 Å². The van der Waals surface area contributed by atoms with Crippen molar-refractivity contribution in [2.75, 3.05) is 6.61 Å². The molecule has 0 aliphatic rings. The molecule has 2 aromatic carbocycles. The van der Waals surface area contributed by atoms with Crippen LogP contribution in [-0.4, -0.2) is 18.7 Å². The first-order valence-electron chi connectivity index (χ1n) is 6.94. The third kappa shape index (κ3) is 2.44. The van der Waals surface area contributed by atoms with Crippen LogP contribution in [0.15, 0.2) is 46.9 Å². The predicted octanol–water partition coefficient (Wildman–Crippen LogP) is 3.92. The van der Waals surface area contributed by atoms with Crippen LogP contribution in [0.3, 0.4) is 0 Å². The van der Waals surface area contributed by atoms with Crippen LogP contribution in [0.4, 0.5) is 0 Å². The van der Waals surface area contributed by atoms with Crippen molar-refractivity contribution in [3.8, 4) is 5.75 Å². The lowest BCUT2D eigenvalue weighted by Crippen LogP contribution is -2.26. The molecule has 0 fully saturated rings. The normalized spacial score (nSPS) is 12.5. The van der Waals surface area contributed by atoms with Crippen LogP contribution in [0.25, 0.3) is 21.9 Å². The molecule has 1 heterocycles. The number of ether oxygens (including phenoxy) is 2. The van der Waals surface area contributed by atoms with Crippen LogP contribution < -0.4 is 4.74 Å². The molecule has 21 heavy (non-hydrogen) atoms. The number of hydrogen-bond acceptors (Lipinski definition) is 4. The minimum Gasteiger partial charge on any atom is -0.475 e. The van der Waals surface area contributed by atoms with Gasteiger partial charge in [0.25, 0.3) is 0 Å². The summed E-state index contributed by atoms with van der Waals surface area (Å²) in [7, 11) is 0. The monoisotopic (exact) mass is 284 g/mol. The Kier molecular flexibility index (Phi) is 3.52. The minimum atomic E-state index is -0.677. The van der Waals surface area contributed by atoms with Gasteiger partial charge in [0.05, 0.1) is 6.61 Å². The SMILES string of the molecule is CCOC(=O)[C@@H](C)Oc1cccc2c1oc1ccccc12. The van der Waals surface area contributed by atoms with Crippen molar-refractivity contribution < 1.29 is 18.7 Å². The molecule has 4 heteroatoms. The molecule has 4 nitrogen and oxygen atoms in total. The maximum absolute atomic E-state index is 11.7. The van der Waals surface area contributed by atoms with Crippen LogP contribution in [0.1, 0.15) is 13.8 Å². The molecule has 0 saturated heterocycles. The van der Waals surface area contributed by atoms with E-state index in [-0.39, 0.29) is 5.97 Å². The number of carbonyl (C=O) groups is 1. The maximum Gasteiger partial charge on any atom is 0.347 e. The van der Waals surface area contributed by atoms with Crippen LogP contribution in [0.5, 0.6) is 5.75 Å². The van der Waals surface area contributed by atoms with Crippen molar-refractivity contribution >= 4 is 27.9 Å². The Morgan fingerprint density at radius 1 is 1.14 bits per heavy atom. The molecule has 0 bridgehead atoms. The van der Waals surface area contributed by atoms with Crippen molar-refractivity contribution in [2.45, 2.75) is 20.0 Å². The van der Waals surface area contributed by atoms with Gasteiger partial charge in [0.15, 0.2) is 17.4 Å². The second kappa shape index (κ2) is 5.48. The van der Waals surface area contributed by atoms with Gasteiger partial charge in [-0.15, -0.1) is 0 Å². The minimum absolute atomic E-state index is 0.335. The van der Waals surface area contributed by atoms with Crippen molar-refractivity contribution in [3.63, 3.8) is 0 Å². The quantitative estimate of drug-likeness (QED) is 0.681. The number of benzene rings is 2. The highest BCUT2D eigenvalue weighted by Crippen LogP contribution is 2.34. The van der Waals surface area contributed by atoms with E-state index >= 15 is 0 Å². The lowest BCUT2D eigenvalue weighted by molar-refractivity contribution is -0.150. The summed E-state index contributed by atoms with van der Waals surface area (Å²) in [5, 5.41) is 2.00. The molecular weight excluding hydrogens is 268 g/mol. The van der Waals surface area contributed by atoms with Crippen LogP contribution in [0, 0.1) is 0 Å². The molecule has 3 aromatic rings. The number of furan rings is 1. The number of rotatable bonds is 4. The van der Waals surface area contributed by atoms with E-state index in [1.54, 1.807) is 19.9 Å².